The van der Waals surface area contributed by atoms with Crippen LogP contribution in [0.3, 0.4) is 0 Å². The Balaban J connectivity index is 1.24. The molecule has 146 valence electrons. The molecule has 1 aromatic rings. The summed E-state index contributed by atoms with van der Waals surface area (Å²) in [6.07, 6.45) is 5.13. The van der Waals surface area contributed by atoms with Crippen molar-refractivity contribution in [2.75, 3.05) is 59.1 Å². The summed E-state index contributed by atoms with van der Waals surface area (Å²) in [7, 11) is 0. The fourth-order valence-corrected chi connectivity index (χ4v) is 3.73. The molecule has 2 aliphatic rings. The van der Waals surface area contributed by atoms with Gasteiger partial charge >= 0.3 is 0 Å². The number of benzene rings is 1. The highest BCUT2D eigenvalue weighted by Gasteiger charge is 2.12. The largest absolute Gasteiger partial charge is 0.494 e. The van der Waals surface area contributed by atoms with Gasteiger partial charge in [0.15, 0.2) is 0 Å². The highest BCUT2D eigenvalue weighted by molar-refractivity contribution is 5.27. The van der Waals surface area contributed by atoms with Crippen molar-refractivity contribution in [2.45, 2.75) is 32.2 Å². The lowest BCUT2D eigenvalue weighted by Crippen LogP contribution is -2.40. The third-order valence-electron chi connectivity index (χ3n) is 5.39. The Kier molecular flexibility index (Phi) is 8.71. The first-order chi connectivity index (χ1) is 12.9. The molecule has 0 aliphatic carbocycles. The quantitative estimate of drug-likeness (QED) is 0.626. The summed E-state index contributed by atoms with van der Waals surface area (Å²) in [6.45, 7) is 10.1. The molecule has 3 rings (SSSR count). The maximum Gasteiger partial charge on any atom is 0.119 e. The zero-order valence-electron chi connectivity index (χ0n) is 16.0. The van der Waals surface area contributed by atoms with Crippen LogP contribution in [0.15, 0.2) is 24.3 Å². The maximum absolute atomic E-state index is 5.90. The smallest absolute Gasteiger partial charge is 0.119 e. The van der Waals surface area contributed by atoms with Crippen molar-refractivity contribution in [3.05, 3.63) is 29.8 Å². The maximum atomic E-state index is 5.90. The van der Waals surface area contributed by atoms with Gasteiger partial charge in [0.2, 0.25) is 0 Å². The Hall–Kier alpha value is -1.14. The molecule has 0 saturated carbocycles. The number of morpholine rings is 1. The number of ether oxygens (including phenoxy) is 2. The predicted molar refractivity (Wildman–Crippen MR) is 106 cm³/mol. The van der Waals surface area contributed by atoms with Crippen LogP contribution in [0.4, 0.5) is 0 Å². The van der Waals surface area contributed by atoms with E-state index in [-0.39, 0.29) is 0 Å². The van der Waals surface area contributed by atoms with Crippen molar-refractivity contribution in [3.63, 3.8) is 0 Å². The minimum absolute atomic E-state index is 0.827. The second-order valence-corrected chi connectivity index (χ2v) is 7.48. The lowest BCUT2D eigenvalue weighted by Gasteiger charge is -2.26. The molecule has 26 heavy (non-hydrogen) atoms. The third kappa shape index (κ3) is 7.23. The van der Waals surface area contributed by atoms with Crippen molar-refractivity contribution >= 4 is 0 Å². The van der Waals surface area contributed by atoms with E-state index in [1.807, 2.05) is 0 Å². The summed E-state index contributed by atoms with van der Waals surface area (Å²) < 4.78 is 11.3. The minimum atomic E-state index is 0.827. The molecular formula is C21H35N3O2. The average Bonchev–Trinajstić information content (AvgIpc) is 2.71. The van der Waals surface area contributed by atoms with Crippen LogP contribution in [0, 0.1) is 5.92 Å². The van der Waals surface area contributed by atoms with Crippen LogP contribution in [0.25, 0.3) is 0 Å². The van der Waals surface area contributed by atoms with E-state index in [0.717, 1.165) is 70.6 Å². The second kappa shape index (κ2) is 11.5. The second-order valence-electron chi connectivity index (χ2n) is 7.48. The van der Waals surface area contributed by atoms with Gasteiger partial charge in [0, 0.05) is 32.7 Å². The van der Waals surface area contributed by atoms with Gasteiger partial charge < -0.3 is 20.1 Å². The lowest BCUT2D eigenvalue weighted by atomic mass is 9.95. The summed E-state index contributed by atoms with van der Waals surface area (Å²) >= 11 is 0. The first-order valence-electron chi connectivity index (χ1n) is 10.3. The fourth-order valence-electron chi connectivity index (χ4n) is 3.73. The molecule has 1 unspecified atom stereocenters. The normalized spacial score (nSPS) is 21.6. The third-order valence-corrected chi connectivity index (χ3v) is 5.39. The molecule has 1 aromatic carbocycles. The Morgan fingerprint density at radius 1 is 1.19 bits per heavy atom. The molecule has 0 radical (unpaired) electrons. The Morgan fingerprint density at radius 2 is 2.04 bits per heavy atom. The number of hydrogen-bond acceptors (Lipinski definition) is 5. The van der Waals surface area contributed by atoms with Gasteiger partial charge in [-0.2, -0.15) is 0 Å². The summed E-state index contributed by atoms with van der Waals surface area (Å²) in [5.41, 5.74) is 1.31. The van der Waals surface area contributed by atoms with Crippen LogP contribution >= 0.6 is 0 Å². The minimum Gasteiger partial charge on any atom is -0.494 e. The van der Waals surface area contributed by atoms with Crippen LogP contribution in [-0.4, -0.2) is 64.0 Å². The van der Waals surface area contributed by atoms with Gasteiger partial charge in [-0.25, -0.2) is 0 Å². The van der Waals surface area contributed by atoms with Gasteiger partial charge in [-0.05, 0) is 62.4 Å². The van der Waals surface area contributed by atoms with Gasteiger partial charge in [0.25, 0.3) is 0 Å². The molecule has 5 heteroatoms. The van der Waals surface area contributed by atoms with Gasteiger partial charge in [-0.1, -0.05) is 12.1 Å². The van der Waals surface area contributed by atoms with Crippen LogP contribution in [-0.2, 0) is 11.3 Å². The standard InChI is InChI=1S/C21H35N3O2/c1-3-19(17-22-9-1)4-2-14-26-21-7-5-20(6-8-21)18-23-10-11-24-12-15-25-16-13-24/h5-8,19,22-23H,1-4,9-18H2. The summed E-state index contributed by atoms with van der Waals surface area (Å²) in [6, 6.07) is 8.53. The van der Waals surface area contributed by atoms with Crippen LogP contribution in [0.5, 0.6) is 5.75 Å². The van der Waals surface area contributed by atoms with Crippen molar-refractivity contribution in [1.29, 1.82) is 0 Å². The van der Waals surface area contributed by atoms with Crippen molar-refractivity contribution in [1.82, 2.24) is 15.5 Å². The molecule has 1 atom stereocenters. The van der Waals surface area contributed by atoms with E-state index in [2.05, 4.69) is 39.8 Å². The molecule has 0 spiro atoms. The van der Waals surface area contributed by atoms with Gasteiger partial charge in [-0.3, -0.25) is 4.90 Å². The van der Waals surface area contributed by atoms with E-state index in [1.54, 1.807) is 0 Å². The average molecular weight is 362 g/mol. The molecule has 0 aromatic heterocycles. The van der Waals surface area contributed by atoms with E-state index in [4.69, 9.17) is 9.47 Å². The van der Waals surface area contributed by atoms with E-state index < -0.39 is 0 Å². The van der Waals surface area contributed by atoms with Crippen molar-refractivity contribution < 1.29 is 9.47 Å². The molecule has 5 nitrogen and oxygen atoms in total. The molecule has 2 aliphatic heterocycles. The Morgan fingerprint density at radius 3 is 2.81 bits per heavy atom. The SMILES string of the molecule is c1cc(OCCCC2CCCNC2)ccc1CNCCN1CCOCC1. The molecule has 2 N–H and O–H groups in total. The number of hydrogen-bond donors (Lipinski definition) is 2. The molecular weight excluding hydrogens is 326 g/mol. The van der Waals surface area contributed by atoms with Crippen LogP contribution in [0.2, 0.25) is 0 Å². The zero-order chi connectivity index (χ0) is 17.9. The lowest BCUT2D eigenvalue weighted by molar-refractivity contribution is 0.0384. The summed E-state index contributed by atoms with van der Waals surface area (Å²) in [5, 5.41) is 7.01. The molecule has 2 saturated heterocycles. The van der Waals surface area contributed by atoms with Gasteiger partial charge in [0.1, 0.15) is 5.75 Å². The van der Waals surface area contributed by atoms with Crippen molar-refractivity contribution in [3.8, 4) is 5.75 Å². The topological polar surface area (TPSA) is 45.8 Å². The molecule has 2 fully saturated rings. The zero-order valence-corrected chi connectivity index (χ0v) is 16.0. The Labute approximate surface area is 158 Å². The number of nitrogens with zero attached hydrogens (tertiary/aromatic N) is 1. The molecule has 0 amide bonds. The van der Waals surface area contributed by atoms with E-state index in [9.17, 15) is 0 Å². The summed E-state index contributed by atoms with van der Waals surface area (Å²) in [5.74, 6) is 1.84. The van der Waals surface area contributed by atoms with Crippen LogP contribution < -0.4 is 15.4 Å². The summed E-state index contributed by atoms with van der Waals surface area (Å²) in [4.78, 5) is 2.46. The first-order valence-corrected chi connectivity index (χ1v) is 10.3. The van der Waals surface area contributed by atoms with Gasteiger partial charge in [0.05, 0.1) is 19.8 Å². The molecule has 2 heterocycles. The number of rotatable bonds is 10. The highest BCUT2D eigenvalue weighted by atomic mass is 16.5. The van der Waals surface area contributed by atoms with E-state index in [1.165, 1.54) is 37.9 Å². The first kappa shape index (κ1) is 19.6. The predicted octanol–water partition coefficient (Wildman–Crippen LogP) is 2.27. The van der Waals surface area contributed by atoms with Crippen molar-refractivity contribution in [2.24, 2.45) is 5.92 Å². The highest BCUT2D eigenvalue weighted by Crippen LogP contribution is 2.17. The Bertz CT molecular complexity index is 438. The van der Waals surface area contributed by atoms with E-state index in [0.29, 0.717) is 0 Å². The number of piperidine rings is 1. The number of nitrogens with one attached hydrogen (secondary N) is 2. The monoisotopic (exact) mass is 361 g/mol. The van der Waals surface area contributed by atoms with E-state index >= 15 is 0 Å². The van der Waals surface area contributed by atoms with Crippen LogP contribution in [0.1, 0.15) is 31.2 Å². The molecule has 0 bridgehead atoms. The van der Waals surface area contributed by atoms with Gasteiger partial charge in [-0.15, -0.1) is 0 Å². The fraction of sp³-hybridized carbons (Fsp3) is 0.714.